The molecule has 2 heterocycles. The maximum atomic E-state index is 14.7. The minimum Gasteiger partial charge on any atom is -0.381 e. The van der Waals surface area contributed by atoms with Crippen molar-refractivity contribution < 1.29 is 18.7 Å². The topological polar surface area (TPSA) is 120 Å². The van der Waals surface area contributed by atoms with Crippen LogP contribution in [-0.4, -0.2) is 40.1 Å². The summed E-state index contributed by atoms with van der Waals surface area (Å²) >= 11 is 12.0. The molecule has 0 saturated carbocycles. The van der Waals surface area contributed by atoms with Crippen molar-refractivity contribution in [2.75, 3.05) is 5.32 Å². The fourth-order valence-electron chi connectivity index (χ4n) is 4.12. The summed E-state index contributed by atoms with van der Waals surface area (Å²) in [5.41, 5.74) is -1.83. The summed E-state index contributed by atoms with van der Waals surface area (Å²) in [4.78, 5) is 29.6. The first-order valence-electron chi connectivity index (χ1n) is 11.6. The van der Waals surface area contributed by atoms with Gasteiger partial charge in [-0.3, -0.25) is 4.79 Å². The van der Waals surface area contributed by atoms with Gasteiger partial charge in [-0.25, -0.2) is 32.5 Å². The second-order valence-electron chi connectivity index (χ2n) is 8.82. The molecule has 0 aliphatic carbocycles. The van der Waals surface area contributed by atoms with E-state index in [1.165, 1.54) is 40.4 Å². The lowest BCUT2D eigenvalue weighted by Crippen LogP contribution is -2.41. The zero-order valence-electron chi connectivity index (χ0n) is 20.4. The Bertz CT molecular complexity index is 1740. The molecule has 10 nitrogen and oxygen atoms in total. The average molecular weight is 586 g/mol. The van der Waals surface area contributed by atoms with Crippen LogP contribution in [0, 0.1) is 11.6 Å². The number of nitrogens with one attached hydrogen (secondary N) is 1. The second-order valence-corrected chi connectivity index (χ2v) is 9.66. The average Bonchev–Trinajstić information content (AvgIpc) is 3.54. The van der Waals surface area contributed by atoms with Crippen molar-refractivity contribution in [3.63, 3.8) is 0 Å². The number of halogens is 4. The van der Waals surface area contributed by atoms with Crippen LogP contribution in [0.1, 0.15) is 15.9 Å². The van der Waals surface area contributed by atoms with Crippen LogP contribution in [0.5, 0.6) is 0 Å². The van der Waals surface area contributed by atoms with Gasteiger partial charge >= 0.3 is 5.69 Å². The van der Waals surface area contributed by atoms with Crippen molar-refractivity contribution in [1.29, 1.82) is 0 Å². The fraction of sp³-hybridized carbons (Fsp3) is 0.115. The molecule has 0 aliphatic rings. The highest BCUT2D eigenvalue weighted by Gasteiger charge is 2.35. The molecule has 14 heteroatoms. The Morgan fingerprint density at radius 2 is 1.75 bits per heavy atom. The molecule has 1 atom stereocenters. The van der Waals surface area contributed by atoms with Gasteiger partial charge in [0.25, 0.3) is 5.91 Å². The van der Waals surface area contributed by atoms with Crippen molar-refractivity contribution in [3.05, 3.63) is 123 Å². The first-order chi connectivity index (χ1) is 19.1. The number of aliphatic hydroxyl groups is 1. The van der Waals surface area contributed by atoms with Crippen molar-refractivity contribution >= 4 is 34.8 Å². The van der Waals surface area contributed by atoms with Gasteiger partial charge in [0.1, 0.15) is 36.2 Å². The first-order valence-corrected chi connectivity index (χ1v) is 12.4. The molecule has 0 radical (unpaired) electrons. The van der Waals surface area contributed by atoms with Crippen molar-refractivity contribution in [3.8, 4) is 5.69 Å². The molecule has 5 rings (SSSR count). The van der Waals surface area contributed by atoms with E-state index in [0.717, 1.165) is 16.8 Å². The molecule has 1 unspecified atom stereocenters. The van der Waals surface area contributed by atoms with Crippen LogP contribution in [0.25, 0.3) is 5.69 Å². The van der Waals surface area contributed by atoms with Crippen LogP contribution in [0.2, 0.25) is 10.0 Å². The zero-order chi connectivity index (χ0) is 28.4. The SMILES string of the molecule is O=C(Nc1ccc(-n2cnn(CC(O)(Cn3cncn3)c3ccc(F)cc3F)c2=O)cc1)c1ccc(Cl)cc1Cl. The van der Waals surface area contributed by atoms with Crippen LogP contribution in [0.3, 0.4) is 0 Å². The highest BCUT2D eigenvalue weighted by Crippen LogP contribution is 2.28. The van der Waals surface area contributed by atoms with E-state index in [9.17, 15) is 23.5 Å². The predicted octanol–water partition coefficient (Wildman–Crippen LogP) is 4.05. The summed E-state index contributed by atoms with van der Waals surface area (Å²) in [7, 11) is 0. The lowest BCUT2D eigenvalue weighted by molar-refractivity contribution is -0.00948. The normalized spacial score (nSPS) is 12.7. The number of hydrogen-bond donors (Lipinski definition) is 2. The third-order valence-corrected chi connectivity index (χ3v) is 6.59. The largest absolute Gasteiger partial charge is 0.381 e. The number of anilines is 1. The Morgan fingerprint density at radius 1 is 0.975 bits per heavy atom. The molecule has 0 bridgehead atoms. The maximum absolute atomic E-state index is 14.7. The third-order valence-electron chi connectivity index (χ3n) is 6.05. The fourth-order valence-corrected chi connectivity index (χ4v) is 4.61. The molecular formula is C26H19Cl2F2N7O3. The van der Waals surface area contributed by atoms with Crippen LogP contribution in [0.15, 0.2) is 84.4 Å². The molecule has 3 aromatic carbocycles. The van der Waals surface area contributed by atoms with Gasteiger partial charge in [-0.1, -0.05) is 29.3 Å². The minimum atomic E-state index is -2.04. The lowest BCUT2D eigenvalue weighted by Gasteiger charge is -2.28. The number of carbonyl (C=O) groups is 1. The summed E-state index contributed by atoms with van der Waals surface area (Å²) in [5, 5.41) is 22.8. The van der Waals surface area contributed by atoms with E-state index in [-0.39, 0.29) is 22.7 Å². The van der Waals surface area contributed by atoms with Gasteiger partial charge in [-0.15, -0.1) is 0 Å². The van der Waals surface area contributed by atoms with Crippen LogP contribution >= 0.6 is 23.2 Å². The molecule has 1 amide bonds. The summed E-state index contributed by atoms with van der Waals surface area (Å²) in [6.07, 6.45) is 3.79. The molecule has 2 aromatic heterocycles. The highest BCUT2D eigenvalue weighted by molar-refractivity contribution is 6.37. The molecule has 204 valence electrons. The van der Waals surface area contributed by atoms with Gasteiger partial charge in [-0.05, 0) is 48.5 Å². The number of nitrogens with zero attached hydrogens (tertiary/aromatic N) is 6. The maximum Gasteiger partial charge on any atom is 0.350 e. The van der Waals surface area contributed by atoms with Crippen molar-refractivity contribution in [1.82, 2.24) is 29.1 Å². The summed E-state index contributed by atoms with van der Waals surface area (Å²) in [6.45, 7) is -0.766. The van der Waals surface area contributed by atoms with Crippen molar-refractivity contribution in [2.24, 2.45) is 0 Å². The van der Waals surface area contributed by atoms with Gasteiger partial charge in [0.2, 0.25) is 0 Å². The molecule has 0 aliphatic heterocycles. The van der Waals surface area contributed by atoms with E-state index in [1.807, 2.05) is 0 Å². The Kier molecular flexibility index (Phi) is 7.48. The molecule has 2 N–H and O–H groups in total. The first kappa shape index (κ1) is 27.2. The summed E-state index contributed by atoms with van der Waals surface area (Å²) < 4.78 is 31.7. The smallest absolute Gasteiger partial charge is 0.350 e. The third kappa shape index (κ3) is 5.64. The summed E-state index contributed by atoms with van der Waals surface area (Å²) in [6, 6.07) is 13.6. The summed E-state index contributed by atoms with van der Waals surface area (Å²) in [5.74, 6) is -2.26. The minimum absolute atomic E-state index is 0.199. The van der Waals surface area contributed by atoms with E-state index in [0.29, 0.717) is 22.5 Å². The number of carbonyl (C=O) groups excluding carboxylic acids is 1. The Morgan fingerprint density at radius 3 is 2.42 bits per heavy atom. The van der Waals surface area contributed by atoms with Gasteiger partial charge in [0, 0.05) is 22.3 Å². The van der Waals surface area contributed by atoms with E-state index in [4.69, 9.17) is 23.2 Å². The number of rotatable bonds is 8. The van der Waals surface area contributed by atoms with Crippen molar-refractivity contribution in [2.45, 2.75) is 18.7 Å². The Hall–Kier alpha value is -4.39. The zero-order valence-corrected chi connectivity index (χ0v) is 21.9. The molecule has 0 spiro atoms. The van der Waals surface area contributed by atoms with Gasteiger partial charge in [-0.2, -0.15) is 10.2 Å². The van der Waals surface area contributed by atoms with Gasteiger partial charge in [0.15, 0.2) is 0 Å². The van der Waals surface area contributed by atoms with Crippen LogP contribution in [0.4, 0.5) is 14.5 Å². The number of aromatic nitrogens is 6. The number of benzene rings is 3. The van der Waals surface area contributed by atoms with E-state index >= 15 is 0 Å². The second kappa shape index (κ2) is 11.0. The Balaban J connectivity index is 1.38. The van der Waals surface area contributed by atoms with E-state index in [2.05, 4.69) is 20.5 Å². The Labute approximate surface area is 235 Å². The monoisotopic (exact) mass is 585 g/mol. The molecular weight excluding hydrogens is 567 g/mol. The lowest BCUT2D eigenvalue weighted by atomic mass is 9.93. The molecule has 0 saturated heterocycles. The van der Waals surface area contributed by atoms with Gasteiger partial charge in [0.05, 0.1) is 29.4 Å². The quantitative estimate of drug-likeness (QED) is 0.283. The molecule has 0 fully saturated rings. The van der Waals surface area contributed by atoms with E-state index in [1.54, 1.807) is 30.3 Å². The molecule has 40 heavy (non-hydrogen) atoms. The van der Waals surface area contributed by atoms with E-state index < -0.39 is 35.4 Å². The van der Waals surface area contributed by atoms with Gasteiger partial charge < -0.3 is 10.4 Å². The van der Waals surface area contributed by atoms with Crippen LogP contribution in [-0.2, 0) is 18.7 Å². The number of amides is 1. The highest BCUT2D eigenvalue weighted by atomic mass is 35.5. The standard InChI is InChI=1S/C26H19Cl2F2N7O3/c27-16-1-7-20(22(28)9-16)24(38)34-18-3-5-19(6-4-18)36-15-33-37(25(36)39)12-26(40,11-35-14-31-13-32-35)21-8-2-17(29)10-23(21)30/h1-10,13-15,40H,11-12H2,(H,34,38). The molecule has 5 aromatic rings. The predicted molar refractivity (Wildman–Crippen MR) is 143 cm³/mol. The number of hydrogen-bond acceptors (Lipinski definition) is 6. The van der Waals surface area contributed by atoms with Crippen LogP contribution < -0.4 is 11.0 Å².